The van der Waals surface area contributed by atoms with Crippen molar-refractivity contribution >= 4 is 39.0 Å². The molecule has 3 nitrogen and oxygen atoms in total. The fraction of sp³-hybridized carbons (Fsp3) is 0.286. The average molecular weight is 359 g/mol. The second-order valence-electron chi connectivity index (χ2n) is 4.41. The lowest BCUT2D eigenvalue weighted by atomic mass is 10.2. The van der Waals surface area contributed by atoms with E-state index in [-0.39, 0.29) is 5.82 Å². The van der Waals surface area contributed by atoms with Crippen LogP contribution in [0.25, 0.3) is 0 Å². The molecular formula is C14H14BrClFN3. The summed E-state index contributed by atoms with van der Waals surface area (Å²) in [4.78, 5) is 8.66. The lowest BCUT2D eigenvalue weighted by molar-refractivity contribution is 0.622. The molecule has 106 valence electrons. The minimum absolute atomic E-state index is 0.332. The molecule has 1 heterocycles. The molecule has 0 saturated heterocycles. The van der Waals surface area contributed by atoms with Gasteiger partial charge in [-0.3, -0.25) is 0 Å². The number of rotatable bonds is 4. The molecule has 2 aromatic rings. The second kappa shape index (κ2) is 6.50. The van der Waals surface area contributed by atoms with Gasteiger partial charge in [-0.2, -0.15) is 0 Å². The average Bonchev–Trinajstić information content (AvgIpc) is 2.40. The van der Waals surface area contributed by atoms with Crippen LogP contribution in [0.1, 0.15) is 24.7 Å². The van der Waals surface area contributed by atoms with Gasteiger partial charge in [0.15, 0.2) is 0 Å². The number of anilines is 2. The quantitative estimate of drug-likeness (QED) is 0.778. The van der Waals surface area contributed by atoms with Crippen LogP contribution in [-0.2, 0) is 6.42 Å². The van der Waals surface area contributed by atoms with E-state index in [1.54, 1.807) is 12.1 Å². The summed E-state index contributed by atoms with van der Waals surface area (Å²) in [5, 5.41) is 3.50. The third-order valence-electron chi connectivity index (χ3n) is 2.79. The lowest BCUT2D eigenvalue weighted by Crippen LogP contribution is -2.04. The summed E-state index contributed by atoms with van der Waals surface area (Å²) in [5.41, 5.74) is 1.36. The number of nitrogens with zero attached hydrogens (tertiary/aromatic N) is 2. The van der Waals surface area contributed by atoms with Crippen LogP contribution in [0.3, 0.4) is 0 Å². The summed E-state index contributed by atoms with van der Waals surface area (Å²) in [7, 11) is 0. The standard InChI is InChI=1S/C14H14BrClFN3/c1-3-4-12-19-13(16)8(2)14(20-12)18-9-5-6-10(15)11(17)7-9/h5-7H,3-4H2,1-2H3,(H,18,19,20). The minimum atomic E-state index is -0.332. The first-order chi connectivity index (χ1) is 9.51. The van der Waals surface area contributed by atoms with Gasteiger partial charge < -0.3 is 5.32 Å². The van der Waals surface area contributed by atoms with E-state index in [0.717, 1.165) is 18.4 Å². The number of nitrogens with one attached hydrogen (secondary N) is 1. The zero-order valence-electron chi connectivity index (χ0n) is 11.2. The monoisotopic (exact) mass is 357 g/mol. The van der Waals surface area contributed by atoms with Crippen LogP contribution in [0.4, 0.5) is 15.9 Å². The van der Waals surface area contributed by atoms with Gasteiger partial charge in [-0.1, -0.05) is 18.5 Å². The molecule has 0 aliphatic rings. The van der Waals surface area contributed by atoms with Gasteiger partial charge in [0.2, 0.25) is 0 Å². The highest BCUT2D eigenvalue weighted by Gasteiger charge is 2.10. The van der Waals surface area contributed by atoms with Gasteiger partial charge in [0, 0.05) is 17.7 Å². The molecule has 0 aliphatic carbocycles. The fourth-order valence-corrected chi connectivity index (χ4v) is 2.13. The molecular weight excluding hydrogens is 345 g/mol. The molecule has 0 spiro atoms. The van der Waals surface area contributed by atoms with Crippen molar-refractivity contribution in [3.05, 3.63) is 45.0 Å². The highest BCUT2D eigenvalue weighted by molar-refractivity contribution is 9.10. The van der Waals surface area contributed by atoms with E-state index in [0.29, 0.717) is 27.0 Å². The smallest absolute Gasteiger partial charge is 0.139 e. The van der Waals surface area contributed by atoms with E-state index in [2.05, 4.69) is 31.2 Å². The predicted molar refractivity (Wildman–Crippen MR) is 83.2 cm³/mol. The van der Waals surface area contributed by atoms with Crippen LogP contribution in [0.15, 0.2) is 22.7 Å². The van der Waals surface area contributed by atoms with Gasteiger partial charge in [0.05, 0.1) is 4.47 Å². The molecule has 0 fully saturated rings. The first-order valence-corrected chi connectivity index (χ1v) is 7.43. The maximum Gasteiger partial charge on any atom is 0.139 e. The molecule has 0 amide bonds. The largest absolute Gasteiger partial charge is 0.340 e. The third kappa shape index (κ3) is 3.46. The maximum absolute atomic E-state index is 13.5. The summed E-state index contributed by atoms with van der Waals surface area (Å²) in [6.07, 6.45) is 1.69. The molecule has 0 aliphatic heterocycles. The van der Waals surface area contributed by atoms with Crippen molar-refractivity contribution in [3.63, 3.8) is 0 Å². The van der Waals surface area contributed by atoms with Gasteiger partial charge in [0.25, 0.3) is 0 Å². The van der Waals surface area contributed by atoms with E-state index >= 15 is 0 Å². The molecule has 1 N–H and O–H groups in total. The summed E-state index contributed by atoms with van der Waals surface area (Å²) >= 11 is 9.23. The van der Waals surface area contributed by atoms with Crippen molar-refractivity contribution in [2.45, 2.75) is 26.7 Å². The molecule has 0 unspecified atom stereocenters. The highest BCUT2D eigenvalue weighted by Crippen LogP contribution is 2.26. The van der Waals surface area contributed by atoms with Gasteiger partial charge in [-0.05, 0) is 47.5 Å². The fourth-order valence-electron chi connectivity index (χ4n) is 1.70. The zero-order valence-corrected chi connectivity index (χ0v) is 13.5. The van der Waals surface area contributed by atoms with Gasteiger partial charge in [-0.15, -0.1) is 0 Å². The van der Waals surface area contributed by atoms with Crippen molar-refractivity contribution in [2.75, 3.05) is 5.32 Å². The van der Waals surface area contributed by atoms with E-state index in [4.69, 9.17) is 11.6 Å². The second-order valence-corrected chi connectivity index (χ2v) is 5.62. The van der Waals surface area contributed by atoms with E-state index in [1.165, 1.54) is 6.07 Å². The normalized spacial score (nSPS) is 10.7. The maximum atomic E-state index is 13.5. The van der Waals surface area contributed by atoms with Crippen LogP contribution in [0.2, 0.25) is 5.15 Å². The number of hydrogen-bond donors (Lipinski definition) is 1. The Morgan fingerprint density at radius 2 is 2.10 bits per heavy atom. The van der Waals surface area contributed by atoms with Gasteiger partial charge >= 0.3 is 0 Å². The molecule has 6 heteroatoms. The van der Waals surface area contributed by atoms with Crippen LogP contribution >= 0.6 is 27.5 Å². The Labute approximate surface area is 130 Å². The topological polar surface area (TPSA) is 37.8 Å². The Bertz CT molecular complexity index is 634. The molecule has 2 rings (SSSR count). The Morgan fingerprint density at radius 1 is 1.35 bits per heavy atom. The lowest BCUT2D eigenvalue weighted by Gasteiger charge is -2.11. The molecule has 0 bridgehead atoms. The first kappa shape index (κ1) is 15.2. The Balaban J connectivity index is 2.34. The van der Waals surface area contributed by atoms with Gasteiger partial charge in [0.1, 0.15) is 22.6 Å². The van der Waals surface area contributed by atoms with Crippen molar-refractivity contribution in [1.29, 1.82) is 0 Å². The third-order valence-corrected chi connectivity index (χ3v) is 3.80. The Kier molecular flexibility index (Phi) is 4.94. The van der Waals surface area contributed by atoms with E-state index in [9.17, 15) is 4.39 Å². The number of hydrogen-bond acceptors (Lipinski definition) is 3. The molecule has 0 atom stereocenters. The van der Waals surface area contributed by atoms with Crippen molar-refractivity contribution < 1.29 is 4.39 Å². The van der Waals surface area contributed by atoms with Crippen LogP contribution in [0, 0.1) is 12.7 Å². The number of aryl methyl sites for hydroxylation is 1. The number of halogens is 3. The molecule has 20 heavy (non-hydrogen) atoms. The highest BCUT2D eigenvalue weighted by atomic mass is 79.9. The van der Waals surface area contributed by atoms with Gasteiger partial charge in [-0.25, -0.2) is 14.4 Å². The minimum Gasteiger partial charge on any atom is -0.340 e. The number of benzene rings is 1. The van der Waals surface area contributed by atoms with Crippen LogP contribution in [-0.4, -0.2) is 9.97 Å². The van der Waals surface area contributed by atoms with E-state index in [1.807, 2.05) is 13.8 Å². The van der Waals surface area contributed by atoms with Crippen molar-refractivity contribution in [1.82, 2.24) is 9.97 Å². The van der Waals surface area contributed by atoms with Crippen LogP contribution < -0.4 is 5.32 Å². The molecule has 1 aromatic carbocycles. The molecule has 1 aromatic heterocycles. The zero-order chi connectivity index (χ0) is 14.7. The first-order valence-electron chi connectivity index (χ1n) is 6.26. The number of aromatic nitrogens is 2. The predicted octanol–water partition coefficient (Wildman–Crippen LogP) is 5.04. The Hall–Kier alpha value is -1.20. The van der Waals surface area contributed by atoms with Crippen LogP contribution in [0.5, 0.6) is 0 Å². The van der Waals surface area contributed by atoms with E-state index < -0.39 is 0 Å². The molecule has 0 radical (unpaired) electrons. The summed E-state index contributed by atoms with van der Waals surface area (Å²) in [6.45, 7) is 3.88. The summed E-state index contributed by atoms with van der Waals surface area (Å²) < 4.78 is 13.9. The van der Waals surface area contributed by atoms with Crippen molar-refractivity contribution in [3.8, 4) is 0 Å². The Morgan fingerprint density at radius 3 is 2.75 bits per heavy atom. The summed E-state index contributed by atoms with van der Waals surface area (Å²) in [6, 6.07) is 4.81. The summed E-state index contributed by atoms with van der Waals surface area (Å²) in [5.74, 6) is 0.958. The van der Waals surface area contributed by atoms with Crippen molar-refractivity contribution in [2.24, 2.45) is 0 Å². The SMILES string of the molecule is CCCc1nc(Cl)c(C)c(Nc2ccc(Br)c(F)c2)n1. The molecule has 0 saturated carbocycles.